The normalized spacial score (nSPS) is 26.2. The van der Waals surface area contributed by atoms with E-state index in [1.807, 2.05) is 6.07 Å². The molecule has 0 radical (unpaired) electrons. The summed E-state index contributed by atoms with van der Waals surface area (Å²) in [7, 11) is 0. The second-order valence-electron chi connectivity index (χ2n) is 9.83. The average Bonchev–Trinajstić information content (AvgIpc) is 2.76. The number of benzene rings is 2. The van der Waals surface area contributed by atoms with Gasteiger partial charge in [0.1, 0.15) is 0 Å². The fourth-order valence-electron chi connectivity index (χ4n) is 6.12. The van der Waals surface area contributed by atoms with Crippen molar-refractivity contribution in [3.8, 4) is 5.75 Å². The zero-order chi connectivity index (χ0) is 21.8. The number of ether oxygens (including phenoxy) is 1. The summed E-state index contributed by atoms with van der Waals surface area (Å²) in [6.07, 6.45) is 14.8. The van der Waals surface area contributed by atoms with Crippen LogP contribution in [-0.4, -0.2) is 6.61 Å². The Hall–Kier alpha value is -1.71. The molecule has 2 aromatic rings. The summed E-state index contributed by atoms with van der Waals surface area (Å²) >= 11 is 0. The molecule has 4 heteroatoms. The van der Waals surface area contributed by atoms with Gasteiger partial charge in [0.2, 0.25) is 0 Å². The van der Waals surface area contributed by atoms with Crippen molar-refractivity contribution in [2.75, 3.05) is 0 Å². The van der Waals surface area contributed by atoms with Crippen LogP contribution < -0.4 is 4.74 Å². The maximum atomic E-state index is 14.2. The number of hydrogen-bond donors (Lipinski definition) is 0. The van der Waals surface area contributed by atoms with Gasteiger partial charge in [0.05, 0.1) is 0 Å². The Morgan fingerprint density at radius 3 is 2.52 bits per heavy atom. The Balaban J connectivity index is 1.38. The highest BCUT2D eigenvalue weighted by molar-refractivity contribution is 5.84. The van der Waals surface area contributed by atoms with Gasteiger partial charge < -0.3 is 4.74 Å². The van der Waals surface area contributed by atoms with E-state index in [-0.39, 0.29) is 5.75 Å². The molecule has 2 fully saturated rings. The molecule has 170 valence electrons. The van der Waals surface area contributed by atoms with Crippen LogP contribution in [0.25, 0.3) is 10.8 Å². The van der Waals surface area contributed by atoms with Crippen LogP contribution in [0.2, 0.25) is 0 Å². The smallest absolute Gasteiger partial charge is 0.387 e. The van der Waals surface area contributed by atoms with E-state index in [2.05, 4.69) is 23.8 Å². The molecule has 0 aromatic heterocycles. The molecule has 2 unspecified atom stereocenters. The number of hydrogen-bond acceptors (Lipinski definition) is 1. The predicted octanol–water partition coefficient (Wildman–Crippen LogP) is 8.85. The lowest BCUT2D eigenvalue weighted by Crippen LogP contribution is -2.30. The van der Waals surface area contributed by atoms with Crippen LogP contribution in [0.3, 0.4) is 0 Å². The quantitative estimate of drug-likeness (QED) is 0.379. The molecule has 0 heterocycles. The van der Waals surface area contributed by atoms with Crippen molar-refractivity contribution in [1.29, 1.82) is 0 Å². The molecule has 0 amide bonds. The Labute approximate surface area is 184 Å². The maximum absolute atomic E-state index is 14.2. The van der Waals surface area contributed by atoms with Gasteiger partial charge in [0.15, 0.2) is 11.6 Å². The third kappa shape index (κ3) is 5.56. The van der Waals surface area contributed by atoms with E-state index in [1.54, 1.807) is 0 Å². The van der Waals surface area contributed by atoms with Crippen molar-refractivity contribution in [3.05, 3.63) is 41.7 Å². The van der Waals surface area contributed by atoms with E-state index in [0.717, 1.165) is 28.5 Å². The second-order valence-corrected chi connectivity index (χ2v) is 9.83. The summed E-state index contributed by atoms with van der Waals surface area (Å²) in [6.45, 7) is -0.748. The summed E-state index contributed by atoms with van der Waals surface area (Å²) in [4.78, 5) is 0. The standard InChI is InChI=1S/C27H35F3O/c1-2-3-4-5-6-18-7-8-20-14-21(10-9-19(20)13-18)22-11-12-23-17-26(31-27(29)30)25(28)16-24(23)15-22/h11-12,15-21,27H,2-10,13-14H2,1H3/t18-,19?,20-,21?/m1/s1. The molecule has 4 atom stereocenters. The fourth-order valence-corrected chi connectivity index (χ4v) is 6.12. The van der Waals surface area contributed by atoms with E-state index in [0.29, 0.717) is 5.92 Å². The SMILES string of the molecule is CCCCCC[C@@H]1CC[C@@H]2CC(c3ccc4cc(OC(F)F)c(F)cc4c3)CCC2C1. The molecule has 2 saturated carbocycles. The van der Waals surface area contributed by atoms with Gasteiger partial charge in [-0.1, -0.05) is 63.6 Å². The number of rotatable bonds is 8. The average molecular weight is 433 g/mol. The van der Waals surface area contributed by atoms with E-state index >= 15 is 0 Å². The van der Waals surface area contributed by atoms with Gasteiger partial charge in [-0.2, -0.15) is 8.78 Å². The lowest BCUT2D eigenvalue weighted by atomic mass is 9.63. The van der Waals surface area contributed by atoms with Crippen molar-refractivity contribution in [2.24, 2.45) is 17.8 Å². The number of alkyl halides is 2. The Kier molecular flexibility index (Phi) is 7.45. The first-order valence-corrected chi connectivity index (χ1v) is 12.2. The third-order valence-electron chi connectivity index (χ3n) is 7.79. The van der Waals surface area contributed by atoms with Crippen LogP contribution in [-0.2, 0) is 0 Å². The highest BCUT2D eigenvalue weighted by Crippen LogP contribution is 2.48. The molecule has 2 aromatic carbocycles. The van der Waals surface area contributed by atoms with Crippen molar-refractivity contribution in [1.82, 2.24) is 0 Å². The first-order chi connectivity index (χ1) is 15.0. The molecule has 2 aliphatic rings. The Morgan fingerprint density at radius 1 is 0.903 bits per heavy atom. The largest absolute Gasteiger partial charge is 0.432 e. The number of unbranched alkanes of at least 4 members (excludes halogenated alkanes) is 3. The summed E-state index contributed by atoms with van der Waals surface area (Å²) in [5, 5.41) is 1.49. The minimum absolute atomic E-state index is 0.387. The maximum Gasteiger partial charge on any atom is 0.387 e. The summed E-state index contributed by atoms with van der Waals surface area (Å²) < 4.78 is 43.4. The molecule has 0 saturated heterocycles. The molecule has 0 N–H and O–H groups in total. The highest BCUT2D eigenvalue weighted by atomic mass is 19.3. The van der Waals surface area contributed by atoms with E-state index < -0.39 is 12.4 Å². The molecular weight excluding hydrogens is 397 g/mol. The first-order valence-electron chi connectivity index (χ1n) is 12.2. The van der Waals surface area contributed by atoms with Gasteiger partial charge in [-0.05, 0) is 84.2 Å². The highest BCUT2D eigenvalue weighted by Gasteiger charge is 2.35. The van der Waals surface area contributed by atoms with E-state index in [1.165, 1.54) is 88.3 Å². The van der Waals surface area contributed by atoms with Gasteiger partial charge >= 0.3 is 6.61 Å². The predicted molar refractivity (Wildman–Crippen MR) is 120 cm³/mol. The summed E-state index contributed by atoms with van der Waals surface area (Å²) in [5.41, 5.74) is 1.26. The topological polar surface area (TPSA) is 9.23 Å². The second kappa shape index (κ2) is 10.3. The first kappa shape index (κ1) is 22.5. The van der Waals surface area contributed by atoms with Crippen LogP contribution in [0.1, 0.15) is 89.0 Å². The monoisotopic (exact) mass is 432 g/mol. The molecule has 1 nitrogen and oxygen atoms in total. The van der Waals surface area contributed by atoms with Gasteiger partial charge in [0, 0.05) is 0 Å². The van der Waals surface area contributed by atoms with Gasteiger partial charge in [0.25, 0.3) is 0 Å². The van der Waals surface area contributed by atoms with Crippen LogP contribution in [0, 0.1) is 23.6 Å². The number of fused-ring (bicyclic) bond motifs is 2. The van der Waals surface area contributed by atoms with Crippen molar-refractivity contribution >= 4 is 10.8 Å². The van der Waals surface area contributed by atoms with Gasteiger partial charge in [-0.3, -0.25) is 0 Å². The molecular formula is C27H35F3O. The van der Waals surface area contributed by atoms with Crippen LogP contribution in [0.4, 0.5) is 13.2 Å². The minimum atomic E-state index is -3.02. The molecule has 31 heavy (non-hydrogen) atoms. The lowest BCUT2D eigenvalue weighted by molar-refractivity contribution is -0.0520. The zero-order valence-electron chi connectivity index (χ0n) is 18.6. The van der Waals surface area contributed by atoms with Crippen LogP contribution in [0.15, 0.2) is 30.3 Å². The van der Waals surface area contributed by atoms with E-state index in [4.69, 9.17) is 0 Å². The summed E-state index contributed by atoms with van der Waals surface area (Å²) in [6, 6.07) is 8.76. The van der Waals surface area contributed by atoms with Crippen LogP contribution >= 0.6 is 0 Å². The van der Waals surface area contributed by atoms with E-state index in [9.17, 15) is 13.2 Å². The minimum Gasteiger partial charge on any atom is -0.432 e. The van der Waals surface area contributed by atoms with Crippen molar-refractivity contribution in [2.45, 2.75) is 90.1 Å². The summed E-state index contributed by atoms with van der Waals surface area (Å²) in [5.74, 6) is 2.04. The Bertz CT molecular complexity index is 865. The van der Waals surface area contributed by atoms with Crippen LogP contribution in [0.5, 0.6) is 5.75 Å². The number of halogens is 3. The lowest BCUT2D eigenvalue weighted by Gasteiger charge is -2.42. The van der Waals surface area contributed by atoms with Crippen molar-refractivity contribution < 1.29 is 17.9 Å². The molecule has 0 bridgehead atoms. The molecule has 0 aliphatic heterocycles. The zero-order valence-corrected chi connectivity index (χ0v) is 18.6. The molecule has 0 spiro atoms. The van der Waals surface area contributed by atoms with Gasteiger partial charge in [-0.25, -0.2) is 4.39 Å². The van der Waals surface area contributed by atoms with Gasteiger partial charge in [-0.15, -0.1) is 0 Å². The third-order valence-corrected chi connectivity index (χ3v) is 7.79. The Morgan fingerprint density at radius 2 is 1.71 bits per heavy atom. The van der Waals surface area contributed by atoms with Crippen molar-refractivity contribution in [3.63, 3.8) is 0 Å². The molecule has 2 aliphatic carbocycles. The fraction of sp³-hybridized carbons (Fsp3) is 0.630. The molecule has 4 rings (SSSR count).